The van der Waals surface area contributed by atoms with Crippen LogP contribution in [0.3, 0.4) is 0 Å². The summed E-state index contributed by atoms with van der Waals surface area (Å²) in [6.45, 7) is 7.69. The maximum absolute atomic E-state index is 12.0. The quantitative estimate of drug-likeness (QED) is 0.768. The third-order valence-corrected chi connectivity index (χ3v) is 3.22. The average Bonchev–Trinajstić information content (AvgIpc) is 2.44. The minimum absolute atomic E-state index is 0.0286. The van der Waals surface area contributed by atoms with Gasteiger partial charge in [0.15, 0.2) is 5.78 Å². The Balaban J connectivity index is 2.42. The average molecular weight is 254 g/mol. The maximum atomic E-state index is 12.0. The summed E-state index contributed by atoms with van der Waals surface area (Å²) in [5.74, 6) is 0.893. The highest BCUT2D eigenvalue weighted by Gasteiger charge is 2.13. The van der Waals surface area contributed by atoms with E-state index < -0.39 is 0 Å². The first-order valence-corrected chi connectivity index (χ1v) is 6.34. The lowest BCUT2D eigenvalue weighted by atomic mass is 9.94. The fourth-order valence-electron chi connectivity index (χ4n) is 2.03. The van der Waals surface area contributed by atoms with Gasteiger partial charge in [-0.3, -0.25) is 4.79 Å². The van der Waals surface area contributed by atoms with Crippen molar-refractivity contribution in [1.82, 2.24) is 0 Å². The molecule has 0 aliphatic carbocycles. The molecule has 0 unspecified atom stereocenters. The van der Waals surface area contributed by atoms with Crippen molar-refractivity contribution in [1.29, 1.82) is 0 Å². The molecule has 98 valence electrons. The lowest BCUT2D eigenvalue weighted by Gasteiger charge is -2.09. The van der Waals surface area contributed by atoms with Gasteiger partial charge in [-0.25, -0.2) is 0 Å². The fraction of sp³-hybridized carbons (Fsp3) is 0.235. The number of hydrogen-bond donors (Lipinski definition) is 0. The van der Waals surface area contributed by atoms with Gasteiger partial charge in [0, 0.05) is 11.5 Å². The minimum atomic E-state index is -0.0286. The number of allylic oxidation sites excluding steroid dienone is 1. The number of rotatable bonds is 4. The predicted octanol–water partition coefficient (Wildman–Crippen LogP) is 4.09. The number of ketones is 1. The lowest BCUT2D eigenvalue weighted by molar-refractivity contribution is -0.116. The molecule has 0 spiro atoms. The van der Waals surface area contributed by atoms with Crippen molar-refractivity contribution in [3.05, 3.63) is 48.5 Å². The van der Waals surface area contributed by atoms with Gasteiger partial charge in [0.05, 0.1) is 7.11 Å². The minimum Gasteiger partial charge on any atom is -0.497 e. The second kappa shape index (κ2) is 5.27. The Kier molecular flexibility index (Phi) is 3.70. The molecule has 0 radical (unpaired) electrons. The second-order valence-corrected chi connectivity index (χ2v) is 4.93. The molecule has 0 heterocycles. The van der Waals surface area contributed by atoms with Crippen LogP contribution in [0.4, 0.5) is 0 Å². The Bertz CT molecular complexity index is 639. The molecule has 2 aromatic carbocycles. The highest BCUT2D eigenvalue weighted by Crippen LogP contribution is 2.25. The molecule has 0 N–H and O–H groups in total. The molecule has 0 aliphatic rings. The van der Waals surface area contributed by atoms with E-state index in [0.717, 1.165) is 22.1 Å². The number of ether oxygens (including phenoxy) is 1. The number of Topliss-reactive ketones (excluding diaryl/α,β-unsaturated/α-hetero) is 1. The molecule has 2 rings (SSSR count). The molecule has 0 aliphatic heterocycles. The molecule has 2 nitrogen and oxygen atoms in total. The maximum Gasteiger partial charge on any atom is 0.165 e. The molecule has 0 saturated carbocycles. The largest absolute Gasteiger partial charge is 0.497 e. The van der Waals surface area contributed by atoms with E-state index >= 15 is 0 Å². The molecule has 0 amide bonds. The second-order valence-electron chi connectivity index (χ2n) is 4.93. The van der Waals surface area contributed by atoms with Gasteiger partial charge >= 0.3 is 0 Å². The first-order chi connectivity index (χ1) is 9.02. The van der Waals surface area contributed by atoms with Crippen molar-refractivity contribution < 1.29 is 9.53 Å². The third kappa shape index (κ3) is 2.68. The van der Waals surface area contributed by atoms with Gasteiger partial charge in [-0.1, -0.05) is 38.6 Å². The predicted molar refractivity (Wildman–Crippen MR) is 79.4 cm³/mol. The molecular weight excluding hydrogens is 236 g/mol. The number of methoxy groups -OCH3 is 1. The molecule has 0 atom stereocenters. The van der Waals surface area contributed by atoms with Gasteiger partial charge in [-0.2, -0.15) is 0 Å². The Hall–Kier alpha value is -2.09. The summed E-state index contributed by atoms with van der Waals surface area (Å²) in [5, 5.41) is 2.17. The first-order valence-electron chi connectivity index (χ1n) is 6.34. The number of fused-ring (bicyclic) bond motifs is 1. The Morgan fingerprint density at radius 2 is 1.74 bits per heavy atom. The van der Waals surface area contributed by atoms with Gasteiger partial charge in [0.25, 0.3) is 0 Å². The van der Waals surface area contributed by atoms with Gasteiger partial charge in [0.1, 0.15) is 5.75 Å². The van der Waals surface area contributed by atoms with Gasteiger partial charge < -0.3 is 4.74 Å². The molecular formula is C17H18O2. The zero-order valence-corrected chi connectivity index (χ0v) is 11.6. The standard InChI is InChI=1S/C17H18O2/c1-11(2)17(18)12(3)13-5-6-15-10-16(19-4)8-7-14(15)9-13/h5-11H,3H2,1-2,4H3. The van der Waals surface area contributed by atoms with Crippen LogP contribution < -0.4 is 4.74 Å². The summed E-state index contributed by atoms with van der Waals surface area (Å²) < 4.78 is 5.20. The van der Waals surface area contributed by atoms with Crippen molar-refractivity contribution in [2.75, 3.05) is 7.11 Å². The van der Waals surface area contributed by atoms with E-state index in [4.69, 9.17) is 4.74 Å². The van der Waals surface area contributed by atoms with E-state index in [1.165, 1.54) is 0 Å². The Labute approximate surface area is 113 Å². The smallest absolute Gasteiger partial charge is 0.165 e. The molecule has 19 heavy (non-hydrogen) atoms. The summed E-state index contributed by atoms with van der Waals surface area (Å²) in [4.78, 5) is 12.0. The summed E-state index contributed by atoms with van der Waals surface area (Å²) in [6.07, 6.45) is 0. The van der Waals surface area contributed by atoms with Crippen molar-refractivity contribution in [2.45, 2.75) is 13.8 Å². The number of benzene rings is 2. The van der Waals surface area contributed by atoms with Crippen LogP contribution in [0.5, 0.6) is 5.75 Å². The molecule has 0 fully saturated rings. The monoisotopic (exact) mass is 254 g/mol. The van der Waals surface area contributed by atoms with E-state index in [1.807, 2.05) is 50.2 Å². The molecule has 0 bridgehead atoms. The van der Waals surface area contributed by atoms with Crippen LogP contribution in [0.1, 0.15) is 19.4 Å². The van der Waals surface area contributed by atoms with Gasteiger partial charge in [-0.05, 0) is 34.5 Å². The van der Waals surface area contributed by atoms with Crippen LogP contribution in [-0.2, 0) is 4.79 Å². The highest BCUT2D eigenvalue weighted by atomic mass is 16.5. The SMILES string of the molecule is C=C(C(=O)C(C)C)c1ccc2cc(OC)ccc2c1. The number of carbonyl (C=O) groups excluding carboxylic acids is 1. The Morgan fingerprint density at radius 1 is 1.11 bits per heavy atom. The van der Waals surface area contributed by atoms with Crippen LogP contribution in [0.15, 0.2) is 43.0 Å². The third-order valence-electron chi connectivity index (χ3n) is 3.22. The van der Waals surface area contributed by atoms with E-state index in [2.05, 4.69) is 6.58 Å². The van der Waals surface area contributed by atoms with Gasteiger partial charge in [-0.15, -0.1) is 0 Å². The summed E-state index contributed by atoms with van der Waals surface area (Å²) in [6, 6.07) is 11.8. The van der Waals surface area contributed by atoms with Crippen molar-refractivity contribution in [3.8, 4) is 5.75 Å². The van der Waals surface area contributed by atoms with Crippen LogP contribution in [0, 0.1) is 5.92 Å². The fourth-order valence-corrected chi connectivity index (χ4v) is 2.03. The summed E-state index contributed by atoms with van der Waals surface area (Å²) >= 11 is 0. The normalized spacial score (nSPS) is 10.7. The van der Waals surface area contributed by atoms with Crippen molar-refractivity contribution in [3.63, 3.8) is 0 Å². The highest BCUT2D eigenvalue weighted by molar-refractivity contribution is 6.21. The topological polar surface area (TPSA) is 26.3 Å². The van der Waals surface area contributed by atoms with E-state index in [0.29, 0.717) is 5.57 Å². The molecule has 2 aromatic rings. The van der Waals surface area contributed by atoms with E-state index in [9.17, 15) is 4.79 Å². The van der Waals surface area contributed by atoms with Crippen LogP contribution in [0.2, 0.25) is 0 Å². The van der Waals surface area contributed by atoms with E-state index in [-0.39, 0.29) is 11.7 Å². The van der Waals surface area contributed by atoms with Crippen molar-refractivity contribution >= 4 is 22.1 Å². The molecule has 0 aromatic heterocycles. The summed E-state index contributed by atoms with van der Waals surface area (Å²) in [5.41, 5.74) is 1.46. The Morgan fingerprint density at radius 3 is 2.37 bits per heavy atom. The first kappa shape index (κ1) is 13.3. The zero-order valence-electron chi connectivity index (χ0n) is 11.6. The van der Waals surface area contributed by atoms with E-state index in [1.54, 1.807) is 7.11 Å². The number of carbonyl (C=O) groups is 1. The zero-order chi connectivity index (χ0) is 14.0. The summed E-state index contributed by atoms with van der Waals surface area (Å²) in [7, 11) is 1.65. The van der Waals surface area contributed by atoms with Crippen LogP contribution >= 0.6 is 0 Å². The van der Waals surface area contributed by atoms with Gasteiger partial charge in [0.2, 0.25) is 0 Å². The lowest BCUT2D eigenvalue weighted by Crippen LogP contribution is -2.08. The van der Waals surface area contributed by atoms with Crippen molar-refractivity contribution in [2.24, 2.45) is 5.92 Å². The molecule has 0 saturated heterocycles. The molecule has 2 heteroatoms. The van der Waals surface area contributed by atoms with Crippen LogP contribution in [0.25, 0.3) is 16.3 Å². The van der Waals surface area contributed by atoms with Crippen LogP contribution in [-0.4, -0.2) is 12.9 Å². The number of hydrogen-bond acceptors (Lipinski definition) is 2.